The van der Waals surface area contributed by atoms with E-state index in [1.807, 2.05) is 6.07 Å². The Labute approximate surface area is 157 Å². The van der Waals surface area contributed by atoms with Crippen molar-refractivity contribution in [1.82, 2.24) is 14.9 Å². The van der Waals surface area contributed by atoms with Crippen LogP contribution >= 0.6 is 0 Å². The van der Waals surface area contributed by atoms with Gasteiger partial charge in [-0.15, -0.1) is 0 Å². The van der Waals surface area contributed by atoms with E-state index >= 15 is 0 Å². The van der Waals surface area contributed by atoms with Crippen LogP contribution in [0.25, 0.3) is 10.9 Å². The van der Waals surface area contributed by atoms with Crippen molar-refractivity contribution in [1.29, 1.82) is 0 Å². The molecule has 1 N–H and O–H groups in total. The third-order valence-corrected chi connectivity index (χ3v) is 4.79. The van der Waals surface area contributed by atoms with E-state index in [4.69, 9.17) is 4.74 Å². The first-order valence-corrected chi connectivity index (χ1v) is 9.55. The SMILES string of the molecule is O=C(CCc1nc2ccccc2c(=O)[nH]1)OCC(=O)N1CCCCCCC1. The lowest BCUT2D eigenvalue weighted by Crippen LogP contribution is -2.37. The monoisotopic (exact) mass is 371 g/mol. The zero-order chi connectivity index (χ0) is 19.1. The number of amides is 1. The van der Waals surface area contributed by atoms with Crippen LogP contribution < -0.4 is 5.56 Å². The van der Waals surface area contributed by atoms with E-state index in [1.165, 1.54) is 6.42 Å². The summed E-state index contributed by atoms with van der Waals surface area (Å²) in [5, 5.41) is 0.516. The maximum Gasteiger partial charge on any atom is 0.306 e. The number of carbonyl (C=O) groups is 2. The number of hydrogen-bond donors (Lipinski definition) is 1. The van der Waals surface area contributed by atoms with E-state index in [1.54, 1.807) is 23.1 Å². The first kappa shape index (κ1) is 19.1. The number of aromatic amines is 1. The third kappa shape index (κ3) is 5.39. The lowest BCUT2D eigenvalue weighted by Gasteiger charge is -2.24. The fourth-order valence-electron chi connectivity index (χ4n) is 3.28. The molecule has 0 aliphatic carbocycles. The van der Waals surface area contributed by atoms with Gasteiger partial charge in [-0.25, -0.2) is 4.98 Å². The number of aromatic nitrogens is 2. The van der Waals surface area contributed by atoms with E-state index in [-0.39, 0.29) is 30.9 Å². The van der Waals surface area contributed by atoms with E-state index in [0.29, 0.717) is 16.7 Å². The summed E-state index contributed by atoms with van der Waals surface area (Å²) in [5.74, 6) is -0.167. The summed E-state index contributed by atoms with van der Waals surface area (Å²) in [4.78, 5) is 45.0. The molecule has 27 heavy (non-hydrogen) atoms. The Kier molecular flexibility index (Phi) is 6.57. The summed E-state index contributed by atoms with van der Waals surface area (Å²) in [6, 6.07) is 7.05. The van der Waals surface area contributed by atoms with Crippen LogP contribution in [0.1, 0.15) is 44.3 Å². The van der Waals surface area contributed by atoms with Gasteiger partial charge in [0.15, 0.2) is 6.61 Å². The van der Waals surface area contributed by atoms with Crippen molar-refractivity contribution in [3.63, 3.8) is 0 Å². The normalized spacial score (nSPS) is 15.2. The quantitative estimate of drug-likeness (QED) is 0.814. The highest BCUT2D eigenvalue weighted by atomic mass is 16.5. The number of rotatable bonds is 5. The van der Waals surface area contributed by atoms with Gasteiger partial charge in [0.2, 0.25) is 0 Å². The maximum absolute atomic E-state index is 12.2. The molecular formula is C20H25N3O4. The lowest BCUT2D eigenvalue weighted by atomic mass is 10.1. The number of hydrogen-bond acceptors (Lipinski definition) is 5. The number of para-hydroxylation sites is 1. The zero-order valence-corrected chi connectivity index (χ0v) is 15.4. The minimum absolute atomic E-state index is 0.0640. The molecule has 1 saturated heterocycles. The van der Waals surface area contributed by atoms with Crippen molar-refractivity contribution in [2.75, 3.05) is 19.7 Å². The lowest BCUT2D eigenvalue weighted by molar-refractivity contribution is -0.152. The molecule has 3 rings (SSSR count). The number of fused-ring (bicyclic) bond motifs is 1. The van der Waals surface area contributed by atoms with Crippen LogP contribution in [0.15, 0.2) is 29.1 Å². The molecular weight excluding hydrogens is 346 g/mol. The van der Waals surface area contributed by atoms with Gasteiger partial charge in [0.1, 0.15) is 5.82 Å². The molecule has 0 unspecified atom stereocenters. The van der Waals surface area contributed by atoms with Crippen LogP contribution in [-0.4, -0.2) is 46.4 Å². The van der Waals surface area contributed by atoms with Gasteiger partial charge in [-0.1, -0.05) is 31.4 Å². The highest BCUT2D eigenvalue weighted by Gasteiger charge is 2.17. The van der Waals surface area contributed by atoms with Crippen LogP contribution in [0.3, 0.4) is 0 Å². The van der Waals surface area contributed by atoms with Gasteiger partial charge in [-0.3, -0.25) is 14.4 Å². The molecule has 2 aromatic rings. The fraction of sp³-hybridized carbons (Fsp3) is 0.500. The Morgan fingerprint density at radius 2 is 1.78 bits per heavy atom. The molecule has 144 valence electrons. The summed E-state index contributed by atoms with van der Waals surface area (Å²) in [6.07, 6.45) is 5.83. The van der Waals surface area contributed by atoms with Gasteiger partial charge in [0, 0.05) is 19.5 Å². The molecule has 1 amide bonds. The van der Waals surface area contributed by atoms with E-state index in [9.17, 15) is 14.4 Å². The molecule has 2 heterocycles. The molecule has 0 radical (unpaired) electrons. The van der Waals surface area contributed by atoms with E-state index < -0.39 is 5.97 Å². The molecule has 1 fully saturated rings. The number of esters is 1. The first-order chi connectivity index (χ1) is 13.1. The van der Waals surface area contributed by atoms with Crippen molar-refractivity contribution >= 4 is 22.8 Å². The predicted molar refractivity (Wildman–Crippen MR) is 101 cm³/mol. The Bertz CT molecular complexity index is 854. The number of aryl methyl sites for hydroxylation is 1. The summed E-state index contributed by atoms with van der Waals surface area (Å²) in [7, 11) is 0. The molecule has 1 aliphatic heterocycles. The molecule has 1 aromatic carbocycles. The highest BCUT2D eigenvalue weighted by molar-refractivity contribution is 5.81. The van der Waals surface area contributed by atoms with Crippen molar-refractivity contribution in [3.8, 4) is 0 Å². The fourth-order valence-corrected chi connectivity index (χ4v) is 3.28. The molecule has 0 spiro atoms. The predicted octanol–water partition coefficient (Wildman–Crippen LogP) is 2.19. The highest BCUT2D eigenvalue weighted by Crippen LogP contribution is 2.11. The molecule has 0 bridgehead atoms. The molecule has 7 nitrogen and oxygen atoms in total. The second-order valence-corrected chi connectivity index (χ2v) is 6.84. The number of ether oxygens (including phenoxy) is 1. The minimum atomic E-state index is -0.466. The topological polar surface area (TPSA) is 92.4 Å². The summed E-state index contributed by atoms with van der Waals surface area (Å²) in [6.45, 7) is 1.25. The summed E-state index contributed by atoms with van der Waals surface area (Å²) in [5.41, 5.74) is 0.369. The maximum atomic E-state index is 12.2. The molecule has 1 aromatic heterocycles. The van der Waals surface area contributed by atoms with Crippen molar-refractivity contribution in [2.45, 2.75) is 44.9 Å². The molecule has 0 saturated carbocycles. The number of likely N-dealkylation sites (tertiary alicyclic amines) is 1. The van der Waals surface area contributed by atoms with Crippen LogP contribution in [0, 0.1) is 0 Å². The minimum Gasteiger partial charge on any atom is -0.456 e. The number of carbonyl (C=O) groups excluding carboxylic acids is 2. The van der Waals surface area contributed by atoms with Crippen LogP contribution in [0.2, 0.25) is 0 Å². The van der Waals surface area contributed by atoms with Gasteiger partial charge >= 0.3 is 5.97 Å². The van der Waals surface area contributed by atoms with Crippen LogP contribution in [0.5, 0.6) is 0 Å². The Balaban J connectivity index is 1.48. The molecule has 7 heteroatoms. The van der Waals surface area contributed by atoms with E-state index in [0.717, 1.165) is 38.8 Å². The summed E-state index contributed by atoms with van der Waals surface area (Å²) >= 11 is 0. The number of benzene rings is 1. The third-order valence-electron chi connectivity index (χ3n) is 4.79. The Morgan fingerprint density at radius 3 is 2.56 bits per heavy atom. The zero-order valence-electron chi connectivity index (χ0n) is 15.4. The van der Waals surface area contributed by atoms with Crippen LogP contribution in [-0.2, 0) is 20.7 Å². The van der Waals surface area contributed by atoms with Gasteiger partial charge in [0.05, 0.1) is 17.3 Å². The van der Waals surface area contributed by atoms with Gasteiger partial charge in [-0.2, -0.15) is 0 Å². The van der Waals surface area contributed by atoms with Gasteiger partial charge in [-0.05, 0) is 25.0 Å². The van der Waals surface area contributed by atoms with Crippen molar-refractivity contribution in [3.05, 3.63) is 40.4 Å². The van der Waals surface area contributed by atoms with Gasteiger partial charge < -0.3 is 14.6 Å². The standard InChI is InChI=1S/C20H25N3O4/c24-18(23-12-6-2-1-3-7-13-23)14-27-19(25)11-10-17-21-16-9-5-4-8-15(16)20(26)22-17/h4-5,8-9H,1-3,6-7,10-14H2,(H,21,22,26). The average molecular weight is 371 g/mol. The number of nitrogens with zero attached hydrogens (tertiary/aromatic N) is 2. The second-order valence-electron chi connectivity index (χ2n) is 6.84. The Hall–Kier alpha value is -2.70. The van der Waals surface area contributed by atoms with Crippen molar-refractivity contribution in [2.24, 2.45) is 0 Å². The largest absolute Gasteiger partial charge is 0.456 e. The van der Waals surface area contributed by atoms with E-state index in [2.05, 4.69) is 9.97 Å². The number of H-pyrrole nitrogens is 1. The van der Waals surface area contributed by atoms with Crippen molar-refractivity contribution < 1.29 is 14.3 Å². The first-order valence-electron chi connectivity index (χ1n) is 9.55. The Morgan fingerprint density at radius 1 is 1.07 bits per heavy atom. The number of nitrogens with one attached hydrogen (secondary N) is 1. The second kappa shape index (κ2) is 9.30. The molecule has 1 aliphatic rings. The smallest absolute Gasteiger partial charge is 0.306 e. The van der Waals surface area contributed by atoms with Crippen LogP contribution in [0.4, 0.5) is 0 Å². The average Bonchev–Trinajstić information content (AvgIpc) is 2.64. The van der Waals surface area contributed by atoms with Gasteiger partial charge in [0.25, 0.3) is 11.5 Å². The summed E-state index contributed by atoms with van der Waals surface area (Å²) < 4.78 is 5.12. The molecule has 0 atom stereocenters.